The molecule has 24 heavy (non-hydrogen) atoms. The molecule has 1 aliphatic heterocycles. The van der Waals surface area contributed by atoms with E-state index in [1.54, 1.807) is 6.33 Å². The molecule has 124 valence electrons. The Kier molecular flexibility index (Phi) is 4.02. The molecule has 1 N–H and O–H groups in total. The minimum Gasteiger partial charge on any atom is -0.483 e. The van der Waals surface area contributed by atoms with Crippen LogP contribution < -0.4 is 10.1 Å². The fraction of sp³-hybridized carbons (Fsp3) is 0.389. The molecule has 1 aliphatic carbocycles. The number of benzene rings is 1. The predicted molar refractivity (Wildman–Crippen MR) is 89.9 cm³/mol. The fourth-order valence-corrected chi connectivity index (χ4v) is 3.32. The van der Waals surface area contributed by atoms with Crippen LogP contribution in [0.2, 0.25) is 0 Å². The lowest BCUT2D eigenvalue weighted by Crippen LogP contribution is -2.36. The van der Waals surface area contributed by atoms with E-state index < -0.39 is 0 Å². The Morgan fingerprint density at radius 3 is 3.08 bits per heavy atom. The Morgan fingerprint density at radius 1 is 1.21 bits per heavy atom. The largest absolute Gasteiger partial charge is 0.483 e. The zero-order chi connectivity index (χ0) is 16.4. The molecule has 2 heterocycles. The molecule has 1 aromatic heterocycles. The Morgan fingerprint density at radius 2 is 2.12 bits per heavy atom. The highest BCUT2D eigenvalue weighted by molar-refractivity contribution is 5.78. The van der Waals surface area contributed by atoms with E-state index in [1.165, 1.54) is 5.56 Å². The van der Waals surface area contributed by atoms with Crippen molar-refractivity contribution < 1.29 is 9.53 Å². The van der Waals surface area contributed by atoms with E-state index >= 15 is 0 Å². The van der Waals surface area contributed by atoms with Crippen molar-refractivity contribution in [2.75, 3.05) is 25.0 Å². The van der Waals surface area contributed by atoms with E-state index in [-0.39, 0.29) is 12.5 Å². The molecule has 0 spiro atoms. The standard InChI is InChI=1S/C18H20N4O2/c23-17-11-24-16-7-2-1-4-13(16)10-22(17)9-8-19-18-14-5-3-6-15(14)20-12-21-18/h1-2,4,7,12H,3,5-6,8-11H2,(H,19,20,21). The van der Waals surface area contributed by atoms with Crippen LogP contribution in [0.15, 0.2) is 30.6 Å². The summed E-state index contributed by atoms with van der Waals surface area (Å²) in [6.45, 7) is 1.96. The highest BCUT2D eigenvalue weighted by Crippen LogP contribution is 2.25. The lowest BCUT2D eigenvalue weighted by atomic mass is 10.2. The van der Waals surface area contributed by atoms with Crippen LogP contribution in [0.1, 0.15) is 23.2 Å². The minimum absolute atomic E-state index is 0.0147. The first-order valence-corrected chi connectivity index (χ1v) is 8.36. The van der Waals surface area contributed by atoms with Crippen LogP contribution in [0, 0.1) is 0 Å². The molecule has 0 bridgehead atoms. The van der Waals surface area contributed by atoms with Gasteiger partial charge in [0.2, 0.25) is 0 Å². The summed E-state index contributed by atoms with van der Waals surface area (Å²) in [6.07, 6.45) is 4.82. The molecule has 0 radical (unpaired) electrons. The van der Waals surface area contributed by atoms with E-state index in [0.717, 1.165) is 42.1 Å². The summed E-state index contributed by atoms with van der Waals surface area (Å²) in [5.41, 5.74) is 3.43. The highest BCUT2D eigenvalue weighted by Gasteiger charge is 2.21. The average molecular weight is 324 g/mol. The molecular formula is C18H20N4O2. The predicted octanol–water partition coefficient (Wildman–Crippen LogP) is 1.80. The van der Waals surface area contributed by atoms with Gasteiger partial charge in [0.15, 0.2) is 6.61 Å². The molecule has 0 saturated carbocycles. The van der Waals surface area contributed by atoms with E-state index in [4.69, 9.17) is 4.74 Å². The summed E-state index contributed by atoms with van der Waals surface area (Å²) in [5, 5.41) is 3.37. The first-order chi connectivity index (χ1) is 11.8. The SMILES string of the molecule is O=C1COc2ccccc2CN1CCNc1ncnc2c1CCC2. The number of nitrogens with one attached hydrogen (secondary N) is 1. The number of hydrogen-bond acceptors (Lipinski definition) is 5. The Balaban J connectivity index is 1.41. The van der Waals surface area contributed by atoms with Crippen LogP contribution >= 0.6 is 0 Å². The number of para-hydroxylation sites is 1. The lowest BCUT2D eigenvalue weighted by molar-refractivity contribution is -0.133. The number of carbonyl (C=O) groups excluding carboxylic acids is 1. The number of amides is 1. The summed E-state index contributed by atoms with van der Waals surface area (Å²) in [4.78, 5) is 22.8. The Bertz CT molecular complexity index is 762. The third-order valence-corrected chi connectivity index (χ3v) is 4.59. The van der Waals surface area contributed by atoms with E-state index in [0.29, 0.717) is 19.6 Å². The minimum atomic E-state index is 0.0147. The van der Waals surface area contributed by atoms with Gasteiger partial charge in [-0.15, -0.1) is 0 Å². The third-order valence-electron chi connectivity index (χ3n) is 4.59. The second-order valence-electron chi connectivity index (χ2n) is 6.14. The fourth-order valence-electron chi connectivity index (χ4n) is 3.32. The first kappa shape index (κ1) is 14.9. The van der Waals surface area contributed by atoms with Crippen LogP contribution in [-0.4, -0.2) is 40.5 Å². The van der Waals surface area contributed by atoms with Crippen molar-refractivity contribution in [3.05, 3.63) is 47.4 Å². The summed E-state index contributed by atoms with van der Waals surface area (Å²) < 4.78 is 5.58. The van der Waals surface area contributed by atoms with Gasteiger partial charge in [-0.1, -0.05) is 18.2 Å². The number of carbonyl (C=O) groups is 1. The van der Waals surface area contributed by atoms with E-state index in [9.17, 15) is 4.79 Å². The zero-order valence-electron chi connectivity index (χ0n) is 13.5. The smallest absolute Gasteiger partial charge is 0.260 e. The van der Waals surface area contributed by atoms with E-state index in [2.05, 4.69) is 15.3 Å². The van der Waals surface area contributed by atoms with Gasteiger partial charge in [-0.05, 0) is 25.3 Å². The number of aromatic nitrogens is 2. The van der Waals surface area contributed by atoms with Crippen molar-refractivity contribution in [2.24, 2.45) is 0 Å². The number of fused-ring (bicyclic) bond motifs is 2. The highest BCUT2D eigenvalue weighted by atomic mass is 16.5. The summed E-state index contributed by atoms with van der Waals surface area (Å²) >= 11 is 0. The average Bonchev–Trinajstić information content (AvgIpc) is 3.03. The number of rotatable bonds is 4. The Hall–Kier alpha value is -2.63. The van der Waals surface area contributed by atoms with Crippen LogP contribution in [-0.2, 0) is 24.2 Å². The normalized spacial score (nSPS) is 16.2. The lowest BCUT2D eigenvalue weighted by Gasteiger charge is -2.20. The first-order valence-electron chi connectivity index (χ1n) is 8.36. The molecule has 6 nitrogen and oxygen atoms in total. The van der Waals surface area contributed by atoms with Gasteiger partial charge in [-0.2, -0.15) is 0 Å². The molecule has 0 saturated heterocycles. The van der Waals surface area contributed by atoms with Gasteiger partial charge in [0.25, 0.3) is 5.91 Å². The Labute approximate surface area is 140 Å². The van der Waals surface area contributed by atoms with Crippen molar-refractivity contribution in [2.45, 2.75) is 25.8 Å². The molecule has 0 atom stereocenters. The zero-order valence-corrected chi connectivity index (χ0v) is 13.5. The number of anilines is 1. The van der Waals surface area contributed by atoms with Crippen LogP contribution in [0.4, 0.5) is 5.82 Å². The van der Waals surface area contributed by atoms with Gasteiger partial charge in [0, 0.05) is 36.5 Å². The molecule has 6 heteroatoms. The quantitative estimate of drug-likeness (QED) is 0.929. The number of ether oxygens (including phenoxy) is 1. The molecule has 1 aromatic carbocycles. The monoisotopic (exact) mass is 324 g/mol. The van der Waals surface area contributed by atoms with Crippen LogP contribution in [0.5, 0.6) is 5.75 Å². The van der Waals surface area contributed by atoms with Crippen molar-refractivity contribution in [3.8, 4) is 5.75 Å². The third kappa shape index (κ3) is 2.91. The molecule has 2 aromatic rings. The molecule has 0 unspecified atom stereocenters. The van der Waals surface area contributed by atoms with Crippen LogP contribution in [0.3, 0.4) is 0 Å². The summed E-state index contributed by atoms with van der Waals surface area (Å²) in [7, 11) is 0. The number of nitrogens with zero attached hydrogens (tertiary/aromatic N) is 3. The second-order valence-corrected chi connectivity index (χ2v) is 6.14. The summed E-state index contributed by atoms with van der Waals surface area (Å²) in [5.74, 6) is 1.73. The maximum Gasteiger partial charge on any atom is 0.260 e. The number of aryl methyl sites for hydroxylation is 1. The summed E-state index contributed by atoms with van der Waals surface area (Å²) in [6, 6.07) is 7.81. The van der Waals surface area contributed by atoms with Crippen LogP contribution in [0.25, 0.3) is 0 Å². The molecule has 2 aliphatic rings. The van der Waals surface area contributed by atoms with Crippen molar-refractivity contribution in [3.63, 3.8) is 0 Å². The molecule has 1 amide bonds. The second kappa shape index (κ2) is 6.47. The van der Waals surface area contributed by atoms with E-state index in [1.807, 2.05) is 29.2 Å². The molecule has 0 fully saturated rings. The van der Waals surface area contributed by atoms with Crippen molar-refractivity contribution >= 4 is 11.7 Å². The van der Waals surface area contributed by atoms with Gasteiger partial charge in [-0.3, -0.25) is 4.79 Å². The van der Waals surface area contributed by atoms with Crippen molar-refractivity contribution in [1.29, 1.82) is 0 Å². The molecular weight excluding hydrogens is 304 g/mol. The van der Waals surface area contributed by atoms with Gasteiger partial charge >= 0.3 is 0 Å². The van der Waals surface area contributed by atoms with Gasteiger partial charge in [0.1, 0.15) is 17.9 Å². The molecule has 4 rings (SSSR count). The topological polar surface area (TPSA) is 67.3 Å². The maximum atomic E-state index is 12.3. The van der Waals surface area contributed by atoms with Gasteiger partial charge in [-0.25, -0.2) is 9.97 Å². The van der Waals surface area contributed by atoms with Gasteiger partial charge in [0.05, 0.1) is 0 Å². The van der Waals surface area contributed by atoms with Crippen molar-refractivity contribution in [1.82, 2.24) is 14.9 Å². The number of hydrogen-bond donors (Lipinski definition) is 1. The maximum absolute atomic E-state index is 12.3. The van der Waals surface area contributed by atoms with Gasteiger partial charge < -0.3 is 15.0 Å².